The van der Waals surface area contributed by atoms with Gasteiger partial charge in [-0.05, 0) is 68.0 Å². The number of rotatable bonds is 8. The summed E-state index contributed by atoms with van der Waals surface area (Å²) in [5, 5.41) is 10.3. The van der Waals surface area contributed by atoms with Crippen LogP contribution in [-0.2, 0) is 6.42 Å². The van der Waals surface area contributed by atoms with Crippen LogP contribution in [0.2, 0.25) is 0 Å². The molecule has 0 aliphatic rings. The zero-order chi connectivity index (χ0) is 19.9. The zero-order valence-electron chi connectivity index (χ0n) is 16.2. The van der Waals surface area contributed by atoms with Crippen molar-refractivity contribution in [2.24, 2.45) is 0 Å². The highest BCUT2D eigenvalue weighted by Crippen LogP contribution is 2.24. The predicted octanol–water partition coefficient (Wildman–Crippen LogP) is 6.33. The van der Waals surface area contributed by atoms with Crippen LogP contribution in [0.4, 0.5) is 4.39 Å². The number of unbranched alkanes of at least 4 members (excludes halogenated alkanes) is 1. The highest BCUT2D eigenvalue weighted by Gasteiger charge is 2.06. The summed E-state index contributed by atoms with van der Waals surface area (Å²) in [6.07, 6.45) is 8.98. The molecule has 1 atom stereocenters. The van der Waals surface area contributed by atoms with Gasteiger partial charge in [-0.2, -0.15) is 0 Å². The lowest BCUT2D eigenvalue weighted by molar-refractivity contribution is 0.182. The molecule has 3 heteroatoms. The van der Waals surface area contributed by atoms with Crippen LogP contribution in [0.1, 0.15) is 37.3 Å². The molecular weight excluding hydrogens is 349 g/mol. The monoisotopic (exact) mass is 375 g/mol. The summed E-state index contributed by atoms with van der Waals surface area (Å²) < 4.78 is 14.2. The van der Waals surface area contributed by atoms with Gasteiger partial charge in [0.15, 0.2) is 0 Å². The number of fused-ring (bicyclic) bond motifs is 1. The molecule has 0 radical (unpaired) electrons. The molecule has 0 saturated heterocycles. The Kier molecular flexibility index (Phi) is 6.72. The molecular formula is C25H26FNO. The van der Waals surface area contributed by atoms with E-state index in [0.29, 0.717) is 12.0 Å². The second-order valence-electron chi connectivity index (χ2n) is 7.13. The van der Waals surface area contributed by atoms with E-state index in [-0.39, 0.29) is 11.9 Å². The number of halogens is 1. The Balaban J connectivity index is 1.76. The second-order valence-corrected chi connectivity index (χ2v) is 7.13. The van der Waals surface area contributed by atoms with Crippen molar-refractivity contribution in [1.82, 2.24) is 4.98 Å². The molecule has 3 rings (SSSR count). The summed E-state index contributed by atoms with van der Waals surface area (Å²) in [5.41, 5.74) is 4.19. The van der Waals surface area contributed by atoms with Crippen molar-refractivity contribution in [2.45, 2.75) is 38.7 Å². The Morgan fingerprint density at radius 2 is 2.00 bits per heavy atom. The number of allylic oxidation sites excluding steroid dienone is 2. The van der Waals surface area contributed by atoms with Crippen LogP contribution in [0.15, 0.2) is 67.3 Å². The first kappa shape index (κ1) is 20.0. The summed E-state index contributed by atoms with van der Waals surface area (Å²) in [6, 6.07) is 15.3. The number of nitrogens with zero attached hydrogens (tertiary/aromatic N) is 1. The molecule has 144 valence electrons. The van der Waals surface area contributed by atoms with Crippen molar-refractivity contribution >= 4 is 17.0 Å². The van der Waals surface area contributed by atoms with Gasteiger partial charge in [0.05, 0.1) is 17.3 Å². The molecule has 0 amide bonds. The highest BCUT2D eigenvalue weighted by atomic mass is 19.1. The van der Waals surface area contributed by atoms with E-state index < -0.39 is 0 Å². The van der Waals surface area contributed by atoms with Gasteiger partial charge in [-0.15, -0.1) is 6.58 Å². The summed E-state index contributed by atoms with van der Waals surface area (Å²) in [4.78, 5) is 4.69. The van der Waals surface area contributed by atoms with Crippen molar-refractivity contribution in [3.63, 3.8) is 0 Å². The lowest BCUT2D eigenvalue weighted by atomic mass is 10.0. The fourth-order valence-electron chi connectivity index (χ4n) is 3.19. The van der Waals surface area contributed by atoms with E-state index >= 15 is 0 Å². The molecule has 1 heterocycles. The van der Waals surface area contributed by atoms with Crippen LogP contribution in [-0.4, -0.2) is 16.2 Å². The van der Waals surface area contributed by atoms with Crippen molar-refractivity contribution in [3.8, 4) is 11.3 Å². The Labute approximate surface area is 166 Å². The number of aliphatic hydroxyl groups excluding tert-OH is 1. The Morgan fingerprint density at radius 3 is 2.75 bits per heavy atom. The topological polar surface area (TPSA) is 33.1 Å². The average Bonchev–Trinajstić information content (AvgIpc) is 2.68. The highest BCUT2D eigenvalue weighted by molar-refractivity contribution is 5.83. The van der Waals surface area contributed by atoms with Gasteiger partial charge in [-0.1, -0.05) is 42.5 Å². The van der Waals surface area contributed by atoms with Gasteiger partial charge in [0.2, 0.25) is 0 Å². The van der Waals surface area contributed by atoms with Crippen LogP contribution < -0.4 is 0 Å². The summed E-state index contributed by atoms with van der Waals surface area (Å²) >= 11 is 0. The molecule has 1 unspecified atom stereocenters. The van der Waals surface area contributed by atoms with Crippen LogP contribution in [0, 0.1) is 5.82 Å². The Bertz CT molecular complexity index is 991. The first-order valence-electron chi connectivity index (χ1n) is 9.72. The maximum absolute atomic E-state index is 14.2. The Morgan fingerprint density at radius 1 is 1.14 bits per heavy atom. The third-order valence-electron chi connectivity index (χ3n) is 4.73. The van der Waals surface area contributed by atoms with E-state index in [1.165, 1.54) is 6.07 Å². The molecule has 0 aliphatic heterocycles. The van der Waals surface area contributed by atoms with E-state index in [9.17, 15) is 9.50 Å². The zero-order valence-corrected chi connectivity index (χ0v) is 16.2. The first-order chi connectivity index (χ1) is 13.6. The summed E-state index contributed by atoms with van der Waals surface area (Å²) in [5.74, 6) is -0.227. The van der Waals surface area contributed by atoms with Gasteiger partial charge < -0.3 is 5.11 Å². The van der Waals surface area contributed by atoms with E-state index in [0.717, 1.165) is 47.0 Å². The normalized spacial score (nSPS) is 12.5. The third-order valence-corrected chi connectivity index (χ3v) is 4.73. The number of benzene rings is 2. The largest absolute Gasteiger partial charge is 0.393 e. The number of hydrogen-bond acceptors (Lipinski definition) is 2. The van der Waals surface area contributed by atoms with Crippen molar-refractivity contribution in [2.75, 3.05) is 0 Å². The van der Waals surface area contributed by atoms with Crippen molar-refractivity contribution in [3.05, 3.63) is 84.2 Å². The molecule has 28 heavy (non-hydrogen) atoms. The van der Waals surface area contributed by atoms with Gasteiger partial charge in [-0.25, -0.2) is 9.37 Å². The molecule has 2 aromatic carbocycles. The average molecular weight is 375 g/mol. The van der Waals surface area contributed by atoms with E-state index in [2.05, 4.69) is 24.8 Å². The van der Waals surface area contributed by atoms with Crippen LogP contribution in [0.5, 0.6) is 0 Å². The van der Waals surface area contributed by atoms with Gasteiger partial charge in [0.25, 0.3) is 0 Å². The lowest BCUT2D eigenvalue weighted by Gasteiger charge is -2.07. The SMILES string of the molecule is C=CCc1ccc(-c2ccc3cc(C=CCCCC(C)O)ccc3n2)cc1F. The molecule has 2 nitrogen and oxygen atoms in total. The number of pyridine rings is 1. The lowest BCUT2D eigenvalue weighted by Crippen LogP contribution is -1.97. The molecule has 3 aromatic rings. The fourth-order valence-corrected chi connectivity index (χ4v) is 3.19. The summed E-state index contributed by atoms with van der Waals surface area (Å²) in [7, 11) is 0. The van der Waals surface area contributed by atoms with Crippen LogP contribution in [0.25, 0.3) is 28.2 Å². The van der Waals surface area contributed by atoms with Gasteiger partial charge in [0, 0.05) is 10.9 Å². The van der Waals surface area contributed by atoms with Crippen LogP contribution >= 0.6 is 0 Å². The van der Waals surface area contributed by atoms with E-state index in [1.807, 2.05) is 37.3 Å². The smallest absolute Gasteiger partial charge is 0.127 e. The van der Waals surface area contributed by atoms with Gasteiger partial charge >= 0.3 is 0 Å². The third kappa shape index (κ3) is 5.14. The molecule has 0 saturated carbocycles. The minimum Gasteiger partial charge on any atom is -0.393 e. The predicted molar refractivity (Wildman–Crippen MR) is 116 cm³/mol. The molecule has 0 bridgehead atoms. The molecule has 1 N–H and O–H groups in total. The van der Waals surface area contributed by atoms with Gasteiger partial charge in [-0.3, -0.25) is 0 Å². The first-order valence-corrected chi connectivity index (χ1v) is 9.72. The summed E-state index contributed by atoms with van der Waals surface area (Å²) in [6.45, 7) is 5.48. The van der Waals surface area contributed by atoms with Gasteiger partial charge in [0.1, 0.15) is 5.82 Å². The molecule has 0 fully saturated rings. The van der Waals surface area contributed by atoms with Crippen LogP contribution in [0.3, 0.4) is 0 Å². The quantitative estimate of drug-likeness (QED) is 0.368. The van der Waals surface area contributed by atoms with E-state index in [4.69, 9.17) is 4.98 Å². The molecule has 0 aliphatic carbocycles. The fraction of sp³-hybridized carbons (Fsp3) is 0.240. The number of hydrogen-bond donors (Lipinski definition) is 1. The van der Waals surface area contributed by atoms with E-state index in [1.54, 1.807) is 12.1 Å². The van der Waals surface area contributed by atoms with Crippen molar-refractivity contribution in [1.29, 1.82) is 0 Å². The minimum absolute atomic E-state index is 0.227. The molecule has 1 aromatic heterocycles. The number of aliphatic hydroxyl groups is 1. The Hall–Kier alpha value is -2.78. The minimum atomic E-state index is -0.235. The second kappa shape index (κ2) is 9.43. The van der Waals surface area contributed by atoms with Crippen molar-refractivity contribution < 1.29 is 9.50 Å². The number of aromatic nitrogens is 1. The maximum atomic E-state index is 14.2. The maximum Gasteiger partial charge on any atom is 0.127 e. The standard InChI is InChI=1S/C25H26FNO/c1-3-7-20-11-12-22(17-23(20)26)25-15-13-21-16-19(10-14-24(21)27-25)9-6-4-5-8-18(2)28/h3,6,9-18,28H,1,4-5,7-8H2,2H3. The molecule has 0 spiro atoms.